The lowest BCUT2D eigenvalue weighted by molar-refractivity contribution is -0.138. The van der Waals surface area contributed by atoms with Gasteiger partial charge in [0.15, 0.2) is 0 Å². The van der Waals surface area contributed by atoms with Gasteiger partial charge in [0.25, 0.3) is 0 Å². The average Bonchev–Trinajstić information content (AvgIpc) is 2.77. The van der Waals surface area contributed by atoms with Crippen molar-refractivity contribution in [1.29, 1.82) is 0 Å². The molecule has 2 aromatic carbocycles. The van der Waals surface area contributed by atoms with Crippen LogP contribution in [0.3, 0.4) is 0 Å². The largest absolute Gasteiger partial charge is 0.497 e. The molecule has 0 fully saturated rings. The lowest BCUT2D eigenvalue weighted by Crippen LogP contribution is -2.48. The zero-order valence-electron chi connectivity index (χ0n) is 18.0. The molecular weight excluding hydrogens is 455 g/mol. The SMILES string of the molecule is CCCNC(=O)[C@H](C)N(Cc1cccc(OC)c1)C(=O)CSCc1c(Cl)cccc1Cl. The molecule has 2 aromatic rings. The van der Waals surface area contributed by atoms with Crippen LogP contribution in [0.2, 0.25) is 10.0 Å². The highest BCUT2D eigenvalue weighted by Crippen LogP contribution is 2.28. The molecule has 2 amide bonds. The van der Waals surface area contributed by atoms with Gasteiger partial charge >= 0.3 is 0 Å². The molecule has 0 radical (unpaired) electrons. The second-order valence-corrected chi connectivity index (χ2v) is 8.83. The number of nitrogens with zero attached hydrogens (tertiary/aromatic N) is 1. The van der Waals surface area contributed by atoms with E-state index in [-0.39, 0.29) is 17.6 Å². The molecule has 0 spiro atoms. The van der Waals surface area contributed by atoms with Gasteiger partial charge in [0.05, 0.1) is 12.9 Å². The highest BCUT2D eigenvalue weighted by atomic mass is 35.5. The Hall–Kier alpha value is -1.89. The maximum atomic E-state index is 13.1. The summed E-state index contributed by atoms with van der Waals surface area (Å²) in [6.45, 7) is 4.62. The number of nitrogens with one attached hydrogen (secondary N) is 1. The minimum atomic E-state index is -0.602. The normalized spacial score (nSPS) is 11.6. The van der Waals surface area contributed by atoms with Gasteiger partial charge in [-0.15, -0.1) is 11.8 Å². The van der Waals surface area contributed by atoms with Crippen LogP contribution >= 0.6 is 35.0 Å². The molecule has 31 heavy (non-hydrogen) atoms. The predicted octanol–water partition coefficient (Wildman–Crippen LogP) is 5.18. The number of amides is 2. The number of ether oxygens (including phenoxy) is 1. The van der Waals surface area contributed by atoms with Gasteiger partial charge in [-0.05, 0) is 48.7 Å². The molecule has 0 aliphatic rings. The summed E-state index contributed by atoms with van der Waals surface area (Å²) in [4.78, 5) is 27.3. The highest BCUT2D eigenvalue weighted by Gasteiger charge is 2.26. The van der Waals surface area contributed by atoms with Crippen LogP contribution < -0.4 is 10.1 Å². The van der Waals surface area contributed by atoms with Gasteiger partial charge in [0, 0.05) is 28.9 Å². The zero-order chi connectivity index (χ0) is 22.8. The molecule has 2 rings (SSSR count). The van der Waals surface area contributed by atoms with Gasteiger partial charge < -0.3 is 15.0 Å². The molecule has 5 nitrogen and oxygen atoms in total. The zero-order valence-corrected chi connectivity index (χ0v) is 20.3. The van der Waals surface area contributed by atoms with Crippen molar-refractivity contribution in [3.8, 4) is 5.75 Å². The van der Waals surface area contributed by atoms with Gasteiger partial charge in [-0.3, -0.25) is 9.59 Å². The van der Waals surface area contributed by atoms with Crippen LogP contribution in [0.5, 0.6) is 5.75 Å². The van der Waals surface area contributed by atoms with Crippen molar-refractivity contribution in [2.24, 2.45) is 0 Å². The average molecular weight is 483 g/mol. The number of hydrogen-bond acceptors (Lipinski definition) is 4. The van der Waals surface area contributed by atoms with Crippen molar-refractivity contribution in [1.82, 2.24) is 10.2 Å². The lowest BCUT2D eigenvalue weighted by atomic mass is 10.1. The molecule has 0 unspecified atom stereocenters. The number of carbonyl (C=O) groups is 2. The lowest BCUT2D eigenvalue weighted by Gasteiger charge is -2.29. The second kappa shape index (κ2) is 12.8. The summed E-state index contributed by atoms with van der Waals surface area (Å²) in [5.74, 6) is 1.12. The Morgan fingerprint density at radius 2 is 1.84 bits per heavy atom. The summed E-state index contributed by atoms with van der Waals surface area (Å²) in [5, 5.41) is 4.03. The predicted molar refractivity (Wildman–Crippen MR) is 129 cm³/mol. The van der Waals surface area contributed by atoms with Gasteiger partial charge in [-0.25, -0.2) is 0 Å². The van der Waals surface area contributed by atoms with Crippen LogP contribution in [0.25, 0.3) is 0 Å². The Labute approximate surface area is 198 Å². The third-order valence-electron chi connectivity index (χ3n) is 4.74. The first-order valence-electron chi connectivity index (χ1n) is 10.1. The Morgan fingerprint density at radius 1 is 1.16 bits per heavy atom. The van der Waals surface area contributed by atoms with Crippen LogP contribution in [0, 0.1) is 0 Å². The van der Waals surface area contributed by atoms with E-state index in [4.69, 9.17) is 27.9 Å². The number of thioether (sulfide) groups is 1. The number of benzene rings is 2. The molecule has 0 saturated carbocycles. The summed E-state index contributed by atoms with van der Waals surface area (Å²) in [7, 11) is 1.60. The van der Waals surface area contributed by atoms with Crippen LogP contribution in [-0.2, 0) is 21.9 Å². The van der Waals surface area contributed by atoms with E-state index in [1.54, 1.807) is 37.1 Å². The first-order chi connectivity index (χ1) is 14.9. The van der Waals surface area contributed by atoms with Crippen molar-refractivity contribution >= 4 is 46.8 Å². The topological polar surface area (TPSA) is 58.6 Å². The fourth-order valence-electron chi connectivity index (χ4n) is 2.94. The van der Waals surface area contributed by atoms with E-state index in [2.05, 4.69) is 5.32 Å². The first kappa shape index (κ1) is 25.4. The quantitative estimate of drug-likeness (QED) is 0.479. The molecule has 0 bridgehead atoms. The minimum Gasteiger partial charge on any atom is -0.497 e. The molecule has 0 aliphatic heterocycles. The molecule has 8 heteroatoms. The van der Waals surface area contributed by atoms with Gasteiger partial charge in [-0.2, -0.15) is 0 Å². The molecule has 0 aliphatic carbocycles. The van der Waals surface area contributed by atoms with E-state index in [0.29, 0.717) is 34.6 Å². The van der Waals surface area contributed by atoms with Crippen molar-refractivity contribution in [2.45, 2.75) is 38.6 Å². The van der Waals surface area contributed by atoms with E-state index in [9.17, 15) is 9.59 Å². The van der Waals surface area contributed by atoms with Gasteiger partial charge in [0.2, 0.25) is 11.8 Å². The van der Waals surface area contributed by atoms with Crippen LogP contribution in [-0.4, -0.2) is 42.2 Å². The van der Waals surface area contributed by atoms with Crippen molar-refractivity contribution in [2.75, 3.05) is 19.4 Å². The van der Waals surface area contributed by atoms with E-state index in [0.717, 1.165) is 17.5 Å². The Balaban J connectivity index is 2.11. The molecule has 0 aromatic heterocycles. The first-order valence-corrected chi connectivity index (χ1v) is 12.0. The summed E-state index contributed by atoms with van der Waals surface area (Å²) in [6.07, 6.45) is 0.830. The number of hydrogen-bond donors (Lipinski definition) is 1. The van der Waals surface area contributed by atoms with E-state index in [1.807, 2.05) is 31.2 Å². The summed E-state index contributed by atoms with van der Waals surface area (Å²) in [6, 6.07) is 12.2. The molecule has 0 saturated heterocycles. The van der Waals surface area contributed by atoms with Crippen molar-refractivity contribution in [3.05, 3.63) is 63.6 Å². The Kier molecular flexibility index (Phi) is 10.5. The number of rotatable bonds is 11. The number of halogens is 2. The number of methoxy groups -OCH3 is 1. The van der Waals surface area contributed by atoms with E-state index >= 15 is 0 Å². The Morgan fingerprint density at radius 3 is 2.48 bits per heavy atom. The molecule has 168 valence electrons. The van der Waals surface area contributed by atoms with E-state index < -0.39 is 6.04 Å². The standard InChI is InChI=1S/C23H28Cl2N2O3S/c1-4-11-26-23(29)16(2)27(13-17-7-5-8-18(12-17)30-3)22(28)15-31-14-19-20(24)9-6-10-21(19)25/h5-10,12,16H,4,11,13-15H2,1-3H3,(H,26,29)/t16-/m0/s1. The maximum absolute atomic E-state index is 13.1. The summed E-state index contributed by atoms with van der Waals surface area (Å²) < 4.78 is 5.28. The van der Waals surface area contributed by atoms with Gasteiger partial charge in [0.1, 0.15) is 11.8 Å². The fraction of sp³-hybridized carbons (Fsp3) is 0.391. The number of carbonyl (C=O) groups excluding carboxylic acids is 2. The second-order valence-electron chi connectivity index (χ2n) is 7.03. The molecule has 0 heterocycles. The Bertz CT molecular complexity index is 875. The van der Waals surface area contributed by atoms with Crippen molar-refractivity contribution < 1.29 is 14.3 Å². The maximum Gasteiger partial charge on any atom is 0.242 e. The summed E-state index contributed by atoms with van der Waals surface area (Å²) in [5.41, 5.74) is 1.69. The monoisotopic (exact) mass is 482 g/mol. The molecule has 1 atom stereocenters. The van der Waals surface area contributed by atoms with Crippen molar-refractivity contribution in [3.63, 3.8) is 0 Å². The molecule has 1 N–H and O–H groups in total. The van der Waals surface area contributed by atoms with Gasteiger partial charge in [-0.1, -0.05) is 48.3 Å². The van der Waals surface area contributed by atoms with Crippen LogP contribution in [0.4, 0.5) is 0 Å². The van der Waals surface area contributed by atoms with E-state index in [1.165, 1.54) is 11.8 Å². The summed E-state index contributed by atoms with van der Waals surface area (Å²) >= 11 is 13.9. The molecular formula is C23H28Cl2N2O3S. The smallest absolute Gasteiger partial charge is 0.242 e. The third-order valence-corrected chi connectivity index (χ3v) is 6.39. The fourth-order valence-corrected chi connectivity index (χ4v) is 4.59. The highest BCUT2D eigenvalue weighted by molar-refractivity contribution is 7.99. The third kappa shape index (κ3) is 7.63. The minimum absolute atomic E-state index is 0.129. The van der Waals surface area contributed by atoms with Crippen LogP contribution in [0.15, 0.2) is 42.5 Å². The van der Waals surface area contributed by atoms with Crippen LogP contribution in [0.1, 0.15) is 31.4 Å².